The van der Waals surface area contributed by atoms with Crippen molar-refractivity contribution in [3.63, 3.8) is 0 Å². The van der Waals surface area contributed by atoms with Gasteiger partial charge in [0.1, 0.15) is 6.61 Å². The number of hydrogen-bond acceptors (Lipinski definition) is 4. The van der Waals surface area contributed by atoms with Crippen LogP contribution in [0.4, 0.5) is 5.69 Å². The number of benzene rings is 2. The van der Waals surface area contributed by atoms with Gasteiger partial charge in [-0.1, -0.05) is 45.0 Å². The molecule has 5 heteroatoms. The van der Waals surface area contributed by atoms with E-state index in [1.54, 1.807) is 24.3 Å². The van der Waals surface area contributed by atoms with Crippen LogP contribution in [-0.2, 0) is 10.2 Å². The van der Waals surface area contributed by atoms with E-state index < -0.39 is 0 Å². The van der Waals surface area contributed by atoms with Crippen molar-refractivity contribution in [2.75, 3.05) is 18.5 Å². The molecular weight excluding hydrogens is 342 g/mol. The highest BCUT2D eigenvalue weighted by Crippen LogP contribution is 2.34. The molecule has 1 atom stereocenters. The lowest BCUT2D eigenvalue weighted by Crippen LogP contribution is -2.32. The summed E-state index contributed by atoms with van der Waals surface area (Å²) in [4.78, 5) is 12.2. The van der Waals surface area contributed by atoms with Crippen molar-refractivity contribution in [3.05, 3.63) is 59.7 Å². The van der Waals surface area contributed by atoms with Gasteiger partial charge in [0, 0.05) is 17.8 Å². The molecule has 0 saturated carbocycles. The molecule has 27 heavy (non-hydrogen) atoms. The third-order valence-corrected chi connectivity index (χ3v) is 4.34. The number of anilines is 1. The van der Waals surface area contributed by atoms with Crippen molar-refractivity contribution in [1.29, 1.82) is 0 Å². The van der Waals surface area contributed by atoms with E-state index in [1.807, 2.05) is 12.1 Å². The van der Waals surface area contributed by atoms with Gasteiger partial charge >= 0.3 is 0 Å². The Hall–Kier alpha value is -2.79. The number of hydrogen-bond donors (Lipinski definition) is 2. The third-order valence-electron chi connectivity index (χ3n) is 4.34. The van der Waals surface area contributed by atoms with Gasteiger partial charge in [0.05, 0.1) is 6.61 Å². The van der Waals surface area contributed by atoms with Gasteiger partial charge in [-0.05, 0) is 34.8 Å². The summed E-state index contributed by atoms with van der Waals surface area (Å²) >= 11 is 0. The quantitative estimate of drug-likeness (QED) is 0.808. The summed E-state index contributed by atoms with van der Waals surface area (Å²) in [5.41, 5.74) is 2.92. The lowest BCUT2D eigenvalue weighted by atomic mass is 9.87. The van der Waals surface area contributed by atoms with Crippen molar-refractivity contribution >= 4 is 17.7 Å². The molecule has 0 unspecified atom stereocenters. The fourth-order valence-corrected chi connectivity index (χ4v) is 2.73. The van der Waals surface area contributed by atoms with E-state index in [1.165, 1.54) is 11.6 Å². The fourth-order valence-electron chi connectivity index (χ4n) is 2.73. The highest BCUT2D eigenvalue weighted by atomic mass is 16.6. The average Bonchev–Trinajstić information content (AvgIpc) is 2.65. The summed E-state index contributed by atoms with van der Waals surface area (Å²) < 4.78 is 11.1. The van der Waals surface area contributed by atoms with Gasteiger partial charge in [-0.15, -0.1) is 0 Å². The Morgan fingerprint density at radius 1 is 1.19 bits per heavy atom. The zero-order valence-electron chi connectivity index (χ0n) is 15.9. The number of aliphatic hydroxyl groups excluding tert-OH is 1. The maximum atomic E-state index is 12.2. The second kappa shape index (κ2) is 7.84. The van der Waals surface area contributed by atoms with Crippen LogP contribution >= 0.6 is 0 Å². The minimum atomic E-state index is -0.389. The maximum absolute atomic E-state index is 12.2. The Kier molecular flexibility index (Phi) is 5.51. The zero-order chi connectivity index (χ0) is 19.4. The monoisotopic (exact) mass is 367 g/mol. The van der Waals surface area contributed by atoms with E-state index >= 15 is 0 Å². The molecular formula is C22H25NO4. The van der Waals surface area contributed by atoms with Gasteiger partial charge in [-0.2, -0.15) is 0 Å². The third kappa shape index (κ3) is 4.89. The van der Waals surface area contributed by atoms with Gasteiger partial charge in [0.2, 0.25) is 5.91 Å². The van der Waals surface area contributed by atoms with Gasteiger partial charge in [0.15, 0.2) is 17.6 Å². The van der Waals surface area contributed by atoms with Crippen LogP contribution in [0.1, 0.15) is 31.9 Å². The molecule has 2 aromatic carbocycles. The van der Waals surface area contributed by atoms with Crippen molar-refractivity contribution in [2.24, 2.45) is 0 Å². The van der Waals surface area contributed by atoms with E-state index in [0.717, 1.165) is 5.56 Å². The smallest absolute Gasteiger partial charge is 0.248 e. The highest BCUT2D eigenvalue weighted by Gasteiger charge is 2.20. The largest absolute Gasteiger partial charge is 0.486 e. The lowest BCUT2D eigenvalue weighted by Gasteiger charge is -2.25. The van der Waals surface area contributed by atoms with Crippen molar-refractivity contribution in [1.82, 2.24) is 0 Å². The fraction of sp³-hybridized carbons (Fsp3) is 0.318. The van der Waals surface area contributed by atoms with E-state index in [2.05, 4.69) is 38.2 Å². The van der Waals surface area contributed by atoms with Crippen LogP contribution in [0, 0.1) is 0 Å². The molecule has 0 spiro atoms. The Balaban J connectivity index is 1.63. The van der Waals surface area contributed by atoms with Crippen molar-refractivity contribution in [3.8, 4) is 11.5 Å². The van der Waals surface area contributed by atoms with Crippen LogP contribution in [0.2, 0.25) is 0 Å². The van der Waals surface area contributed by atoms with Crippen LogP contribution in [0.3, 0.4) is 0 Å². The molecule has 1 aliphatic rings. The number of fused-ring (bicyclic) bond motifs is 1. The number of nitrogens with one attached hydrogen (secondary N) is 1. The number of ether oxygens (including phenoxy) is 2. The Bertz CT molecular complexity index is 834. The SMILES string of the molecule is CC(C)(C)c1ccc(/C=C/C(=O)Nc2ccc3c(c2)O[C@H](CO)CO3)cc1. The molecule has 0 aromatic heterocycles. The zero-order valence-corrected chi connectivity index (χ0v) is 15.9. The van der Waals surface area contributed by atoms with Crippen LogP contribution in [0.25, 0.3) is 6.08 Å². The van der Waals surface area contributed by atoms with Crippen LogP contribution in [0.5, 0.6) is 11.5 Å². The second-order valence-electron chi connectivity index (χ2n) is 7.59. The summed E-state index contributed by atoms with van der Waals surface area (Å²) in [7, 11) is 0. The van der Waals surface area contributed by atoms with E-state index in [-0.39, 0.29) is 24.0 Å². The van der Waals surface area contributed by atoms with Gasteiger partial charge in [0.25, 0.3) is 0 Å². The molecule has 2 aromatic rings. The number of carbonyl (C=O) groups is 1. The van der Waals surface area contributed by atoms with E-state index in [9.17, 15) is 9.90 Å². The Morgan fingerprint density at radius 2 is 1.93 bits per heavy atom. The summed E-state index contributed by atoms with van der Waals surface area (Å²) in [6.07, 6.45) is 2.89. The van der Waals surface area contributed by atoms with Gasteiger partial charge in [-0.3, -0.25) is 4.79 Å². The Morgan fingerprint density at radius 3 is 2.59 bits per heavy atom. The molecule has 3 rings (SSSR count). The first kappa shape index (κ1) is 19.0. The molecule has 1 aliphatic heterocycles. The summed E-state index contributed by atoms with van der Waals surface area (Å²) in [5.74, 6) is 0.886. The number of aliphatic hydroxyl groups is 1. The van der Waals surface area contributed by atoms with E-state index in [0.29, 0.717) is 23.8 Å². The van der Waals surface area contributed by atoms with Crippen LogP contribution < -0.4 is 14.8 Å². The van der Waals surface area contributed by atoms with Gasteiger partial charge in [-0.25, -0.2) is 0 Å². The molecule has 0 radical (unpaired) electrons. The van der Waals surface area contributed by atoms with Crippen LogP contribution in [0.15, 0.2) is 48.5 Å². The highest BCUT2D eigenvalue weighted by molar-refractivity contribution is 6.02. The summed E-state index contributed by atoms with van der Waals surface area (Å²) in [5, 5.41) is 12.0. The van der Waals surface area contributed by atoms with Crippen LogP contribution in [-0.4, -0.2) is 30.3 Å². The topological polar surface area (TPSA) is 67.8 Å². The predicted octanol–water partition coefficient (Wildman–Crippen LogP) is 3.77. The van der Waals surface area contributed by atoms with Gasteiger partial charge < -0.3 is 19.9 Å². The first-order valence-electron chi connectivity index (χ1n) is 8.99. The number of amides is 1. The molecule has 1 heterocycles. The summed E-state index contributed by atoms with van der Waals surface area (Å²) in [6, 6.07) is 13.4. The Labute approximate surface area is 159 Å². The van der Waals surface area contributed by atoms with E-state index in [4.69, 9.17) is 9.47 Å². The molecule has 5 nitrogen and oxygen atoms in total. The summed E-state index contributed by atoms with van der Waals surface area (Å²) in [6.45, 7) is 6.70. The van der Waals surface area contributed by atoms with Crippen molar-refractivity contribution in [2.45, 2.75) is 32.3 Å². The standard InChI is InChI=1S/C22H25NO4/c1-22(2,3)16-7-4-15(5-8-16)6-11-21(25)23-17-9-10-19-20(12-17)27-18(13-24)14-26-19/h4-12,18,24H,13-14H2,1-3H3,(H,23,25)/b11-6+/t18-/m1/s1. The molecule has 0 fully saturated rings. The minimum absolute atomic E-state index is 0.104. The molecule has 0 aliphatic carbocycles. The number of rotatable bonds is 4. The predicted molar refractivity (Wildman–Crippen MR) is 106 cm³/mol. The maximum Gasteiger partial charge on any atom is 0.248 e. The average molecular weight is 367 g/mol. The molecule has 0 saturated heterocycles. The molecule has 2 N–H and O–H groups in total. The molecule has 0 bridgehead atoms. The normalized spacial score (nSPS) is 16.4. The first-order valence-corrected chi connectivity index (χ1v) is 8.99. The lowest BCUT2D eigenvalue weighted by molar-refractivity contribution is -0.111. The van der Waals surface area contributed by atoms with Crippen molar-refractivity contribution < 1.29 is 19.4 Å². The second-order valence-corrected chi connectivity index (χ2v) is 7.59. The minimum Gasteiger partial charge on any atom is -0.486 e. The number of carbonyl (C=O) groups excluding carboxylic acids is 1. The molecule has 142 valence electrons. The molecule has 1 amide bonds. The first-order chi connectivity index (χ1) is 12.8.